The van der Waals surface area contributed by atoms with Crippen LogP contribution >= 0.6 is 0 Å². The molecule has 0 atom stereocenters. The Balaban J connectivity index is 1.80. The summed E-state index contributed by atoms with van der Waals surface area (Å²) in [6, 6.07) is 18.2. The topological polar surface area (TPSA) is 41.6 Å². The maximum Gasteiger partial charge on any atom is 0.330 e. The molecular formula is C19H22N2O2. The van der Waals surface area contributed by atoms with Crippen LogP contribution < -0.4 is 10.2 Å². The summed E-state index contributed by atoms with van der Waals surface area (Å²) in [6.07, 6.45) is 3.15. The molecule has 2 rings (SSSR count). The lowest BCUT2D eigenvalue weighted by atomic mass is 10.2. The van der Waals surface area contributed by atoms with Crippen LogP contribution in [0.5, 0.6) is 0 Å². The number of anilines is 2. The van der Waals surface area contributed by atoms with E-state index in [-0.39, 0.29) is 5.97 Å². The van der Waals surface area contributed by atoms with Crippen LogP contribution in [0.2, 0.25) is 0 Å². The van der Waals surface area contributed by atoms with E-state index in [2.05, 4.69) is 34.1 Å². The Morgan fingerprint density at radius 2 is 1.83 bits per heavy atom. The van der Waals surface area contributed by atoms with E-state index in [1.165, 1.54) is 18.9 Å². The molecule has 0 aliphatic rings. The SMILES string of the molecule is COC(=O)/C=C/c1ccc(NCCN(C)c2ccccc2)cc1. The van der Waals surface area contributed by atoms with Crippen molar-refractivity contribution in [1.29, 1.82) is 0 Å². The first-order chi connectivity index (χ1) is 11.2. The molecule has 0 aromatic heterocycles. The van der Waals surface area contributed by atoms with Crippen molar-refractivity contribution in [1.82, 2.24) is 0 Å². The molecule has 2 aromatic carbocycles. The standard InChI is InChI=1S/C19H22N2O2/c1-21(18-6-4-3-5-7-18)15-14-20-17-11-8-16(9-12-17)10-13-19(22)23-2/h3-13,20H,14-15H2,1-2H3/b13-10+. The molecule has 0 unspecified atom stereocenters. The summed E-state index contributed by atoms with van der Waals surface area (Å²) in [5.41, 5.74) is 3.22. The smallest absolute Gasteiger partial charge is 0.330 e. The van der Waals surface area contributed by atoms with Gasteiger partial charge in [0.15, 0.2) is 0 Å². The van der Waals surface area contributed by atoms with E-state index < -0.39 is 0 Å². The fourth-order valence-electron chi connectivity index (χ4n) is 2.12. The predicted molar refractivity (Wildman–Crippen MR) is 95.7 cm³/mol. The summed E-state index contributed by atoms with van der Waals surface area (Å²) in [4.78, 5) is 13.3. The zero-order valence-corrected chi connectivity index (χ0v) is 13.5. The van der Waals surface area contributed by atoms with E-state index >= 15 is 0 Å². The van der Waals surface area contributed by atoms with E-state index in [0.717, 1.165) is 24.3 Å². The Bertz CT molecular complexity index is 636. The van der Waals surface area contributed by atoms with Crippen molar-refractivity contribution in [2.45, 2.75) is 0 Å². The first-order valence-electron chi connectivity index (χ1n) is 7.55. The van der Waals surface area contributed by atoms with Gasteiger partial charge < -0.3 is 15.0 Å². The second-order valence-corrected chi connectivity index (χ2v) is 5.16. The third kappa shape index (κ3) is 5.51. The van der Waals surface area contributed by atoms with Gasteiger partial charge in [0.1, 0.15) is 0 Å². The van der Waals surface area contributed by atoms with Crippen LogP contribution in [0.1, 0.15) is 5.56 Å². The molecule has 4 heteroatoms. The molecule has 1 N–H and O–H groups in total. The number of rotatable bonds is 7. The van der Waals surface area contributed by atoms with Crippen molar-refractivity contribution >= 4 is 23.4 Å². The van der Waals surface area contributed by atoms with Crippen LogP contribution in [0, 0.1) is 0 Å². The van der Waals surface area contributed by atoms with Crippen LogP contribution in [-0.2, 0) is 9.53 Å². The Morgan fingerprint density at radius 1 is 1.13 bits per heavy atom. The fraction of sp³-hybridized carbons (Fsp3) is 0.211. The number of nitrogens with zero attached hydrogens (tertiary/aromatic N) is 1. The van der Waals surface area contributed by atoms with Gasteiger partial charge in [-0.2, -0.15) is 0 Å². The summed E-state index contributed by atoms with van der Waals surface area (Å²) in [7, 11) is 3.45. The number of carbonyl (C=O) groups excluding carboxylic acids is 1. The van der Waals surface area contributed by atoms with E-state index in [0.29, 0.717) is 0 Å². The van der Waals surface area contributed by atoms with Crippen molar-refractivity contribution < 1.29 is 9.53 Å². The highest BCUT2D eigenvalue weighted by Gasteiger charge is 1.99. The van der Waals surface area contributed by atoms with E-state index in [1.807, 2.05) is 42.5 Å². The van der Waals surface area contributed by atoms with E-state index in [4.69, 9.17) is 0 Å². The van der Waals surface area contributed by atoms with Crippen LogP contribution in [0.3, 0.4) is 0 Å². The molecule has 0 radical (unpaired) electrons. The minimum atomic E-state index is -0.351. The zero-order valence-electron chi connectivity index (χ0n) is 13.5. The second-order valence-electron chi connectivity index (χ2n) is 5.16. The van der Waals surface area contributed by atoms with Gasteiger partial charge in [0.25, 0.3) is 0 Å². The molecule has 0 fully saturated rings. The molecule has 0 saturated carbocycles. The number of benzene rings is 2. The molecule has 0 spiro atoms. The molecule has 0 aliphatic heterocycles. The van der Waals surface area contributed by atoms with Gasteiger partial charge in [-0.05, 0) is 35.9 Å². The highest BCUT2D eigenvalue weighted by molar-refractivity contribution is 5.86. The summed E-state index contributed by atoms with van der Waals surface area (Å²) in [6.45, 7) is 1.76. The monoisotopic (exact) mass is 310 g/mol. The van der Waals surface area contributed by atoms with Gasteiger partial charge in [0, 0.05) is 37.6 Å². The number of esters is 1. The number of ether oxygens (including phenoxy) is 1. The predicted octanol–water partition coefficient (Wildman–Crippen LogP) is 3.42. The maximum atomic E-state index is 11.0. The number of para-hydroxylation sites is 1. The average Bonchev–Trinajstić information content (AvgIpc) is 2.61. The highest BCUT2D eigenvalue weighted by atomic mass is 16.5. The molecule has 0 aliphatic carbocycles. The quantitative estimate of drug-likeness (QED) is 0.628. The van der Waals surface area contributed by atoms with Gasteiger partial charge in [-0.25, -0.2) is 4.79 Å². The van der Waals surface area contributed by atoms with Gasteiger partial charge in [-0.1, -0.05) is 30.3 Å². The van der Waals surface area contributed by atoms with Crippen LogP contribution in [0.4, 0.5) is 11.4 Å². The Morgan fingerprint density at radius 3 is 2.48 bits per heavy atom. The first-order valence-corrected chi connectivity index (χ1v) is 7.55. The molecule has 0 heterocycles. The van der Waals surface area contributed by atoms with Crippen LogP contribution in [0.15, 0.2) is 60.7 Å². The molecule has 4 nitrogen and oxygen atoms in total. The van der Waals surface area contributed by atoms with Crippen molar-refractivity contribution in [3.8, 4) is 0 Å². The molecule has 120 valence electrons. The lowest BCUT2D eigenvalue weighted by Crippen LogP contribution is -2.24. The second kappa shape index (κ2) is 8.63. The number of hydrogen-bond acceptors (Lipinski definition) is 4. The zero-order chi connectivity index (χ0) is 16.5. The lowest BCUT2D eigenvalue weighted by molar-refractivity contribution is -0.134. The van der Waals surface area contributed by atoms with Crippen molar-refractivity contribution in [3.05, 3.63) is 66.2 Å². The Labute approximate surface area is 137 Å². The minimum Gasteiger partial charge on any atom is -0.466 e. The van der Waals surface area contributed by atoms with Gasteiger partial charge in [0.2, 0.25) is 0 Å². The number of carbonyl (C=O) groups is 1. The molecule has 0 saturated heterocycles. The number of methoxy groups -OCH3 is 1. The number of nitrogens with one attached hydrogen (secondary N) is 1. The highest BCUT2D eigenvalue weighted by Crippen LogP contribution is 2.12. The lowest BCUT2D eigenvalue weighted by Gasteiger charge is -2.19. The van der Waals surface area contributed by atoms with Gasteiger partial charge >= 0.3 is 5.97 Å². The first kappa shape index (κ1) is 16.6. The van der Waals surface area contributed by atoms with Gasteiger partial charge in [-0.15, -0.1) is 0 Å². The largest absolute Gasteiger partial charge is 0.466 e. The van der Waals surface area contributed by atoms with Crippen LogP contribution in [-0.4, -0.2) is 33.2 Å². The fourth-order valence-corrected chi connectivity index (χ4v) is 2.12. The van der Waals surface area contributed by atoms with Crippen molar-refractivity contribution in [3.63, 3.8) is 0 Å². The maximum absolute atomic E-state index is 11.0. The Kier molecular flexibility index (Phi) is 6.24. The van der Waals surface area contributed by atoms with Crippen molar-refractivity contribution in [2.24, 2.45) is 0 Å². The van der Waals surface area contributed by atoms with Crippen LogP contribution in [0.25, 0.3) is 6.08 Å². The van der Waals surface area contributed by atoms with Gasteiger partial charge in [0.05, 0.1) is 7.11 Å². The summed E-state index contributed by atoms with van der Waals surface area (Å²) in [5, 5.41) is 3.39. The number of likely N-dealkylation sites (N-methyl/N-ethyl adjacent to an activating group) is 1. The summed E-state index contributed by atoms with van der Waals surface area (Å²) >= 11 is 0. The summed E-state index contributed by atoms with van der Waals surface area (Å²) < 4.78 is 4.56. The molecular weight excluding hydrogens is 288 g/mol. The molecule has 0 amide bonds. The molecule has 2 aromatic rings. The van der Waals surface area contributed by atoms with E-state index in [1.54, 1.807) is 6.08 Å². The third-order valence-corrected chi connectivity index (χ3v) is 3.50. The third-order valence-electron chi connectivity index (χ3n) is 3.50. The average molecular weight is 310 g/mol. The molecule has 0 bridgehead atoms. The Hall–Kier alpha value is -2.75. The van der Waals surface area contributed by atoms with E-state index in [9.17, 15) is 4.79 Å². The summed E-state index contributed by atoms with van der Waals surface area (Å²) in [5.74, 6) is -0.351. The number of hydrogen-bond donors (Lipinski definition) is 1. The molecule has 23 heavy (non-hydrogen) atoms. The van der Waals surface area contributed by atoms with Crippen molar-refractivity contribution in [2.75, 3.05) is 37.5 Å². The van der Waals surface area contributed by atoms with Gasteiger partial charge in [-0.3, -0.25) is 0 Å². The normalized spacial score (nSPS) is 10.5. The minimum absolute atomic E-state index is 0.351.